The highest BCUT2D eigenvalue weighted by Gasteiger charge is 2.26. The third-order valence-electron chi connectivity index (χ3n) is 3.27. The van der Waals surface area contributed by atoms with Crippen LogP contribution in [0.5, 0.6) is 0 Å². The van der Waals surface area contributed by atoms with Crippen molar-refractivity contribution in [1.82, 2.24) is 15.1 Å². The second kappa shape index (κ2) is 4.13. The highest BCUT2D eigenvalue weighted by molar-refractivity contribution is 5.02. The van der Waals surface area contributed by atoms with Gasteiger partial charge < -0.3 is 5.32 Å². The predicted octanol–water partition coefficient (Wildman–Crippen LogP) is 1.35. The Balaban J connectivity index is 1.96. The molecule has 2 rings (SSSR count). The van der Waals surface area contributed by atoms with Gasteiger partial charge in [-0.05, 0) is 38.3 Å². The summed E-state index contributed by atoms with van der Waals surface area (Å²) < 4.78 is 1.89. The van der Waals surface area contributed by atoms with Crippen molar-refractivity contribution in [3.63, 3.8) is 0 Å². The average Bonchev–Trinajstić information content (AvgIpc) is 2.76. The van der Waals surface area contributed by atoms with Crippen LogP contribution in [0.3, 0.4) is 0 Å². The monoisotopic (exact) mass is 193 g/mol. The van der Waals surface area contributed by atoms with E-state index in [1.54, 1.807) is 0 Å². The van der Waals surface area contributed by atoms with Crippen LogP contribution in [-0.2, 0) is 13.5 Å². The van der Waals surface area contributed by atoms with Gasteiger partial charge in [0.1, 0.15) is 0 Å². The van der Waals surface area contributed by atoms with Crippen molar-refractivity contribution < 1.29 is 0 Å². The first-order chi connectivity index (χ1) is 6.79. The van der Waals surface area contributed by atoms with Crippen LogP contribution in [0.4, 0.5) is 0 Å². The summed E-state index contributed by atoms with van der Waals surface area (Å²) in [6, 6.07) is 2.84. The molecule has 3 nitrogen and oxygen atoms in total. The van der Waals surface area contributed by atoms with E-state index >= 15 is 0 Å². The molecule has 2 unspecified atom stereocenters. The molecule has 0 amide bonds. The SMILES string of the molecule is CNC1CCCC1Cc1ccn(C)n1. The number of hydrogen-bond donors (Lipinski definition) is 1. The van der Waals surface area contributed by atoms with Gasteiger partial charge in [0.2, 0.25) is 0 Å². The van der Waals surface area contributed by atoms with Crippen molar-refractivity contribution in [2.24, 2.45) is 13.0 Å². The van der Waals surface area contributed by atoms with Gasteiger partial charge >= 0.3 is 0 Å². The van der Waals surface area contributed by atoms with Gasteiger partial charge in [-0.2, -0.15) is 5.10 Å². The number of aromatic nitrogens is 2. The van der Waals surface area contributed by atoms with Crippen LogP contribution in [0.15, 0.2) is 12.3 Å². The molecule has 1 aliphatic rings. The standard InChI is InChI=1S/C11H19N3/c1-12-11-5-3-4-9(11)8-10-6-7-14(2)13-10/h6-7,9,11-12H,3-5,8H2,1-2H3. The molecule has 78 valence electrons. The van der Waals surface area contributed by atoms with E-state index in [4.69, 9.17) is 0 Å². The molecule has 1 aliphatic carbocycles. The quantitative estimate of drug-likeness (QED) is 0.785. The molecule has 0 saturated heterocycles. The van der Waals surface area contributed by atoms with Crippen molar-refractivity contribution in [1.29, 1.82) is 0 Å². The second-order valence-electron chi connectivity index (χ2n) is 4.27. The number of nitrogens with one attached hydrogen (secondary N) is 1. The zero-order chi connectivity index (χ0) is 9.97. The molecule has 0 aliphatic heterocycles. The van der Waals surface area contributed by atoms with E-state index in [-0.39, 0.29) is 0 Å². The fourth-order valence-corrected chi connectivity index (χ4v) is 2.50. The van der Waals surface area contributed by atoms with E-state index in [1.165, 1.54) is 25.0 Å². The van der Waals surface area contributed by atoms with Crippen LogP contribution in [0.1, 0.15) is 25.0 Å². The van der Waals surface area contributed by atoms with E-state index in [1.807, 2.05) is 17.9 Å². The van der Waals surface area contributed by atoms with E-state index < -0.39 is 0 Å². The molecule has 1 aromatic heterocycles. The maximum absolute atomic E-state index is 4.43. The average molecular weight is 193 g/mol. The van der Waals surface area contributed by atoms with Crippen molar-refractivity contribution in [3.05, 3.63) is 18.0 Å². The van der Waals surface area contributed by atoms with Crippen LogP contribution in [0.2, 0.25) is 0 Å². The molecule has 0 bridgehead atoms. The van der Waals surface area contributed by atoms with Gasteiger partial charge in [0.05, 0.1) is 5.69 Å². The van der Waals surface area contributed by atoms with Gasteiger partial charge in [-0.3, -0.25) is 4.68 Å². The van der Waals surface area contributed by atoms with Gasteiger partial charge in [-0.15, -0.1) is 0 Å². The van der Waals surface area contributed by atoms with E-state index in [2.05, 4.69) is 23.5 Å². The zero-order valence-electron chi connectivity index (χ0n) is 9.03. The first kappa shape index (κ1) is 9.71. The van der Waals surface area contributed by atoms with Gasteiger partial charge in [-0.1, -0.05) is 6.42 Å². The lowest BCUT2D eigenvalue weighted by atomic mass is 9.98. The highest BCUT2D eigenvalue weighted by Crippen LogP contribution is 2.27. The predicted molar refractivity (Wildman–Crippen MR) is 57.1 cm³/mol. The highest BCUT2D eigenvalue weighted by atomic mass is 15.2. The fraction of sp³-hybridized carbons (Fsp3) is 0.727. The minimum Gasteiger partial charge on any atom is -0.317 e. The number of nitrogens with zero attached hydrogens (tertiary/aromatic N) is 2. The minimum absolute atomic E-state index is 0.706. The van der Waals surface area contributed by atoms with Crippen molar-refractivity contribution >= 4 is 0 Å². The van der Waals surface area contributed by atoms with Crippen LogP contribution >= 0.6 is 0 Å². The molecule has 1 aromatic rings. The first-order valence-electron chi connectivity index (χ1n) is 5.45. The smallest absolute Gasteiger partial charge is 0.0627 e. The van der Waals surface area contributed by atoms with Gasteiger partial charge in [0.15, 0.2) is 0 Å². The van der Waals surface area contributed by atoms with Gasteiger partial charge in [0.25, 0.3) is 0 Å². The molecule has 0 aromatic carbocycles. The maximum Gasteiger partial charge on any atom is 0.0627 e. The topological polar surface area (TPSA) is 29.9 Å². The summed E-state index contributed by atoms with van der Waals surface area (Å²) >= 11 is 0. The summed E-state index contributed by atoms with van der Waals surface area (Å²) in [5, 5.41) is 7.84. The molecular formula is C11H19N3. The number of rotatable bonds is 3. The molecule has 1 fully saturated rings. The lowest BCUT2D eigenvalue weighted by Gasteiger charge is -2.17. The zero-order valence-corrected chi connectivity index (χ0v) is 9.03. The molecule has 14 heavy (non-hydrogen) atoms. The second-order valence-corrected chi connectivity index (χ2v) is 4.27. The Bertz CT molecular complexity index is 292. The van der Waals surface area contributed by atoms with Crippen molar-refractivity contribution in [3.8, 4) is 0 Å². The van der Waals surface area contributed by atoms with Crippen molar-refractivity contribution in [2.75, 3.05) is 7.05 Å². The fourth-order valence-electron chi connectivity index (χ4n) is 2.50. The molecule has 3 heteroatoms. The Morgan fingerprint density at radius 1 is 1.57 bits per heavy atom. The van der Waals surface area contributed by atoms with Crippen LogP contribution in [0.25, 0.3) is 0 Å². The van der Waals surface area contributed by atoms with E-state index in [0.29, 0.717) is 6.04 Å². The molecular weight excluding hydrogens is 174 g/mol. The Morgan fingerprint density at radius 3 is 3.07 bits per heavy atom. The number of aryl methyl sites for hydroxylation is 1. The molecule has 1 N–H and O–H groups in total. The lowest BCUT2D eigenvalue weighted by molar-refractivity contribution is 0.419. The van der Waals surface area contributed by atoms with Gasteiger partial charge in [-0.25, -0.2) is 0 Å². The van der Waals surface area contributed by atoms with Gasteiger partial charge in [0, 0.05) is 19.3 Å². The first-order valence-corrected chi connectivity index (χ1v) is 5.45. The largest absolute Gasteiger partial charge is 0.317 e. The molecule has 1 saturated carbocycles. The molecule has 0 radical (unpaired) electrons. The summed E-state index contributed by atoms with van der Waals surface area (Å²) in [7, 11) is 4.05. The summed E-state index contributed by atoms with van der Waals surface area (Å²) in [4.78, 5) is 0. The molecule has 2 atom stereocenters. The van der Waals surface area contributed by atoms with Crippen LogP contribution < -0.4 is 5.32 Å². The normalized spacial score (nSPS) is 27.0. The van der Waals surface area contributed by atoms with Crippen LogP contribution in [0, 0.1) is 5.92 Å². The third-order valence-corrected chi connectivity index (χ3v) is 3.27. The summed E-state index contributed by atoms with van der Waals surface area (Å²) in [6.45, 7) is 0. The summed E-state index contributed by atoms with van der Waals surface area (Å²) in [6.07, 6.45) is 7.20. The Hall–Kier alpha value is -0.830. The number of hydrogen-bond acceptors (Lipinski definition) is 2. The Morgan fingerprint density at radius 2 is 2.43 bits per heavy atom. The molecule has 0 spiro atoms. The Kier molecular flexibility index (Phi) is 2.87. The van der Waals surface area contributed by atoms with Crippen LogP contribution in [-0.4, -0.2) is 22.9 Å². The Labute approximate surface area is 85.5 Å². The maximum atomic E-state index is 4.43. The van der Waals surface area contributed by atoms with Crippen molar-refractivity contribution in [2.45, 2.75) is 31.7 Å². The summed E-state index contributed by atoms with van der Waals surface area (Å²) in [5.41, 5.74) is 1.24. The molecule has 1 heterocycles. The third kappa shape index (κ3) is 1.98. The minimum atomic E-state index is 0.706. The summed E-state index contributed by atoms with van der Waals surface area (Å²) in [5.74, 6) is 0.787. The lowest BCUT2D eigenvalue weighted by Crippen LogP contribution is -2.30. The van der Waals surface area contributed by atoms with E-state index in [0.717, 1.165) is 12.3 Å². The van der Waals surface area contributed by atoms with E-state index in [9.17, 15) is 0 Å².